The van der Waals surface area contributed by atoms with E-state index in [1.807, 2.05) is 6.07 Å². The lowest BCUT2D eigenvalue weighted by atomic mass is 10.0. The quantitative estimate of drug-likeness (QED) is 0.776. The second kappa shape index (κ2) is 9.51. The lowest BCUT2D eigenvalue weighted by Gasteiger charge is -2.32. The third-order valence-corrected chi connectivity index (χ3v) is 5.07. The van der Waals surface area contributed by atoms with E-state index in [9.17, 15) is 9.18 Å². The Hall–Kier alpha value is -1.17. The normalized spacial score (nSPS) is 18.6. The Kier molecular flexibility index (Phi) is 7.66. The zero-order chi connectivity index (χ0) is 16.9. The molecule has 2 aliphatic rings. The Morgan fingerprint density at radius 2 is 1.96 bits per heavy atom. The van der Waals surface area contributed by atoms with Crippen LogP contribution in [-0.2, 0) is 11.3 Å². The molecule has 0 unspecified atom stereocenters. The summed E-state index contributed by atoms with van der Waals surface area (Å²) >= 11 is 0. The van der Waals surface area contributed by atoms with E-state index >= 15 is 0 Å². The molecule has 2 N–H and O–H groups in total. The number of benzene rings is 1. The number of likely N-dealkylation sites (tertiary alicyclic amines) is 1. The van der Waals surface area contributed by atoms with Crippen molar-refractivity contribution in [2.24, 2.45) is 5.92 Å². The summed E-state index contributed by atoms with van der Waals surface area (Å²) in [4.78, 5) is 14.3. The average molecular weight is 370 g/mol. The average Bonchev–Trinajstić information content (AvgIpc) is 3.40. The highest BCUT2D eigenvalue weighted by Gasteiger charge is 2.24. The van der Waals surface area contributed by atoms with Crippen LogP contribution in [0.5, 0.6) is 0 Å². The maximum atomic E-state index is 13.5. The molecule has 1 aliphatic heterocycles. The summed E-state index contributed by atoms with van der Waals surface area (Å²) in [5.41, 5.74) is 1.43. The highest BCUT2D eigenvalue weighted by molar-refractivity contribution is 5.85. The van der Waals surface area contributed by atoms with Gasteiger partial charge in [-0.2, -0.15) is 0 Å². The maximum absolute atomic E-state index is 13.5. The summed E-state index contributed by atoms with van der Waals surface area (Å²) in [5, 5.41) is 6.54. The molecule has 0 aromatic heterocycles. The molecule has 1 aromatic carbocycles. The van der Waals surface area contributed by atoms with Gasteiger partial charge < -0.3 is 10.6 Å². The van der Waals surface area contributed by atoms with Gasteiger partial charge in [0, 0.05) is 25.7 Å². The molecule has 1 heterocycles. The second-order valence-corrected chi connectivity index (χ2v) is 7.26. The number of hydrogen-bond donors (Lipinski definition) is 2. The number of nitrogens with zero attached hydrogens (tertiary/aromatic N) is 1. The minimum Gasteiger partial charge on any atom is -0.351 e. The molecule has 0 bridgehead atoms. The number of nitrogens with one attached hydrogen (secondary N) is 2. The minimum atomic E-state index is -0.220. The minimum absolute atomic E-state index is 0. The first-order chi connectivity index (χ1) is 11.6. The highest BCUT2D eigenvalue weighted by atomic mass is 35.5. The fourth-order valence-corrected chi connectivity index (χ4v) is 3.16. The molecule has 3 rings (SSSR count). The summed E-state index contributed by atoms with van der Waals surface area (Å²) in [6.45, 7) is 5.65. The van der Waals surface area contributed by atoms with Gasteiger partial charge in [0.25, 0.3) is 0 Å². The van der Waals surface area contributed by atoms with Crippen molar-refractivity contribution in [3.05, 3.63) is 35.1 Å². The molecule has 1 aliphatic carbocycles. The van der Waals surface area contributed by atoms with E-state index in [-0.39, 0.29) is 24.1 Å². The van der Waals surface area contributed by atoms with Crippen LogP contribution in [0.3, 0.4) is 0 Å². The molecule has 6 heteroatoms. The number of halogens is 2. The number of carbonyl (C=O) groups excluding carboxylic acids is 1. The van der Waals surface area contributed by atoms with Gasteiger partial charge in [0.15, 0.2) is 0 Å². The van der Waals surface area contributed by atoms with Crippen LogP contribution in [0.2, 0.25) is 0 Å². The van der Waals surface area contributed by atoms with Crippen molar-refractivity contribution in [3.8, 4) is 0 Å². The lowest BCUT2D eigenvalue weighted by molar-refractivity contribution is -0.122. The van der Waals surface area contributed by atoms with Gasteiger partial charge in [0.05, 0.1) is 6.54 Å². The summed E-state index contributed by atoms with van der Waals surface area (Å²) in [5.74, 6) is 0.711. The summed E-state index contributed by atoms with van der Waals surface area (Å²) in [6, 6.07) is 5.71. The van der Waals surface area contributed by atoms with Crippen molar-refractivity contribution in [1.82, 2.24) is 15.5 Å². The smallest absolute Gasteiger partial charge is 0.234 e. The van der Waals surface area contributed by atoms with Crippen LogP contribution in [0.1, 0.15) is 36.8 Å². The first kappa shape index (κ1) is 20.1. The van der Waals surface area contributed by atoms with Gasteiger partial charge in [-0.3, -0.25) is 9.69 Å². The van der Waals surface area contributed by atoms with Gasteiger partial charge in [0.1, 0.15) is 5.82 Å². The van der Waals surface area contributed by atoms with Crippen molar-refractivity contribution >= 4 is 18.3 Å². The first-order valence-electron chi connectivity index (χ1n) is 9.07. The number of amides is 1. The van der Waals surface area contributed by atoms with Gasteiger partial charge in [-0.15, -0.1) is 12.4 Å². The van der Waals surface area contributed by atoms with E-state index in [1.165, 1.54) is 18.9 Å². The van der Waals surface area contributed by atoms with Gasteiger partial charge in [-0.25, -0.2) is 4.39 Å². The van der Waals surface area contributed by atoms with Crippen LogP contribution in [0.4, 0.5) is 4.39 Å². The zero-order valence-corrected chi connectivity index (χ0v) is 15.7. The molecule has 25 heavy (non-hydrogen) atoms. The molecule has 1 aromatic rings. The van der Waals surface area contributed by atoms with E-state index in [2.05, 4.69) is 15.5 Å². The Morgan fingerprint density at radius 1 is 1.24 bits per heavy atom. The Bertz CT molecular complexity index is 572. The van der Waals surface area contributed by atoms with Crippen molar-refractivity contribution in [2.45, 2.75) is 45.2 Å². The molecular weight excluding hydrogens is 341 g/mol. The van der Waals surface area contributed by atoms with Crippen LogP contribution in [0, 0.1) is 18.7 Å². The van der Waals surface area contributed by atoms with Crippen LogP contribution in [-0.4, -0.2) is 43.0 Å². The largest absolute Gasteiger partial charge is 0.351 e. The summed E-state index contributed by atoms with van der Waals surface area (Å²) in [6.07, 6.45) is 5.00. The molecule has 1 amide bonds. The molecule has 0 atom stereocenters. The zero-order valence-electron chi connectivity index (χ0n) is 14.9. The number of hydrogen-bond acceptors (Lipinski definition) is 3. The predicted molar refractivity (Wildman–Crippen MR) is 100 cm³/mol. The molecule has 0 spiro atoms. The Labute approximate surface area is 156 Å². The van der Waals surface area contributed by atoms with Crippen LogP contribution < -0.4 is 10.6 Å². The van der Waals surface area contributed by atoms with Crippen LogP contribution in [0.15, 0.2) is 18.2 Å². The van der Waals surface area contributed by atoms with Crippen molar-refractivity contribution < 1.29 is 9.18 Å². The molecule has 1 saturated heterocycles. The number of rotatable bonds is 7. The standard InChI is InChI=1S/C19H28FN3O.ClH/c1-14-2-3-16(10-18(14)20)12-22-19(24)13-23-8-6-17(7-9-23)21-11-15-4-5-15;/h2-3,10,15,17,21H,4-9,11-13H2,1H3,(H,22,24);1H. The fraction of sp³-hybridized carbons (Fsp3) is 0.632. The summed E-state index contributed by atoms with van der Waals surface area (Å²) in [7, 11) is 0. The van der Waals surface area contributed by atoms with E-state index in [4.69, 9.17) is 0 Å². The summed E-state index contributed by atoms with van der Waals surface area (Å²) < 4.78 is 13.5. The predicted octanol–water partition coefficient (Wildman–Crippen LogP) is 2.64. The van der Waals surface area contributed by atoms with Gasteiger partial charge in [-0.1, -0.05) is 12.1 Å². The van der Waals surface area contributed by atoms with E-state index in [0.29, 0.717) is 24.7 Å². The van der Waals surface area contributed by atoms with Crippen molar-refractivity contribution in [3.63, 3.8) is 0 Å². The SMILES string of the molecule is Cc1ccc(CNC(=O)CN2CCC(NCC3CC3)CC2)cc1F.Cl. The van der Waals surface area contributed by atoms with Gasteiger partial charge in [0.2, 0.25) is 5.91 Å². The molecule has 4 nitrogen and oxygen atoms in total. The lowest BCUT2D eigenvalue weighted by Crippen LogP contribution is -2.46. The number of aryl methyl sites for hydroxylation is 1. The van der Waals surface area contributed by atoms with Crippen molar-refractivity contribution in [1.29, 1.82) is 0 Å². The Morgan fingerprint density at radius 3 is 2.60 bits per heavy atom. The number of carbonyl (C=O) groups is 1. The van der Waals surface area contributed by atoms with Crippen molar-refractivity contribution in [2.75, 3.05) is 26.2 Å². The van der Waals surface area contributed by atoms with E-state index < -0.39 is 0 Å². The second-order valence-electron chi connectivity index (χ2n) is 7.26. The topological polar surface area (TPSA) is 44.4 Å². The van der Waals surface area contributed by atoms with Crippen LogP contribution in [0.25, 0.3) is 0 Å². The molecule has 2 fully saturated rings. The first-order valence-corrected chi connectivity index (χ1v) is 9.07. The van der Waals surface area contributed by atoms with E-state index in [0.717, 1.165) is 44.0 Å². The Balaban J connectivity index is 0.00000225. The van der Waals surface area contributed by atoms with Gasteiger partial charge in [-0.05, 0) is 62.3 Å². The molecule has 140 valence electrons. The molecular formula is C19H29ClFN3O. The highest BCUT2D eigenvalue weighted by Crippen LogP contribution is 2.28. The third kappa shape index (κ3) is 6.57. The fourth-order valence-electron chi connectivity index (χ4n) is 3.16. The maximum Gasteiger partial charge on any atom is 0.234 e. The third-order valence-electron chi connectivity index (χ3n) is 5.07. The van der Waals surface area contributed by atoms with E-state index in [1.54, 1.807) is 13.0 Å². The molecule has 0 radical (unpaired) electrons. The molecule has 1 saturated carbocycles. The van der Waals surface area contributed by atoms with Gasteiger partial charge >= 0.3 is 0 Å². The number of piperidine rings is 1. The van der Waals surface area contributed by atoms with Crippen LogP contribution >= 0.6 is 12.4 Å². The monoisotopic (exact) mass is 369 g/mol.